The molecule has 0 aliphatic rings. The number of hydrogen-bond acceptors (Lipinski definition) is 7. The van der Waals surface area contributed by atoms with Gasteiger partial charge in [0.05, 0.1) is 25.0 Å². The number of ether oxygens (including phenoxy) is 1. The van der Waals surface area contributed by atoms with Crippen LogP contribution in [-0.2, 0) is 6.54 Å². The molecule has 0 atom stereocenters. The van der Waals surface area contributed by atoms with Crippen LogP contribution in [-0.4, -0.2) is 27.2 Å². The molecule has 0 bridgehead atoms. The summed E-state index contributed by atoms with van der Waals surface area (Å²) in [6.45, 7) is 4.26. The van der Waals surface area contributed by atoms with Crippen LogP contribution in [0.15, 0.2) is 35.2 Å². The summed E-state index contributed by atoms with van der Waals surface area (Å²) in [7, 11) is 1.59. The lowest BCUT2D eigenvalue weighted by atomic mass is 10.1. The maximum atomic E-state index is 5.31. The Labute approximate surface area is 133 Å². The van der Waals surface area contributed by atoms with E-state index in [0.717, 1.165) is 28.3 Å². The minimum atomic E-state index is 0.476. The van der Waals surface area contributed by atoms with E-state index in [4.69, 9.17) is 9.26 Å². The molecule has 0 aliphatic heterocycles. The van der Waals surface area contributed by atoms with E-state index >= 15 is 0 Å². The Balaban J connectivity index is 1.91. The van der Waals surface area contributed by atoms with Gasteiger partial charge in [0.15, 0.2) is 0 Å². The third-order valence-corrected chi connectivity index (χ3v) is 3.42. The molecule has 0 saturated carbocycles. The van der Waals surface area contributed by atoms with Crippen molar-refractivity contribution in [2.75, 3.05) is 12.4 Å². The predicted molar refractivity (Wildman–Crippen MR) is 85.1 cm³/mol. The van der Waals surface area contributed by atoms with Crippen molar-refractivity contribution in [3.05, 3.63) is 48.0 Å². The Morgan fingerprint density at radius 2 is 1.96 bits per heavy atom. The Bertz CT molecular complexity index is 782. The van der Waals surface area contributed by atoms with E-state index in [2.05, 4.69) is 25.4 Å². The van der Waals surface area contributed by atoms with Gasteiger partial charge in [0, 0.05) is 29.7 Å². The largest absolute Gasteiger partial charge is 0.480 e. The highest BCUT2D eigenvalue weighted by atomic mass is 16.5. The number of nitrogens with one attached hydrogen (secondary N) is 1. The lowest BCUT2D eigenvalue weighted by molar-refractivity contribution is 0.393. The molecule has 0 aromatic carbocycles. The summed E-state index contributed by atoms with van der Waals surface area (Å²) in [5.74, 6) is 1.96. The van der Waals surface area contributed by atoms with Gasteiger partial charge in [0.25, 0.3) is 0 Å². The number of nitrogens with zero attached hydrogens (tertiary/aromatic N) is 4. The van der Waals surface area contributed by atoms with Crippen LogP contribution in [0.4, 0.5) is 5.69 Å². The average Bonchev–Trinajstić information content (AvgIpc) is 2.92. The minimum Gasteiger partial charge on any atom is -0.480 e. The summed E-state index contributed by atoms with van der Waals surface area (Å²) in [6.07, 6.45) is 5.16. The topological polar surface area (TPSA) is 86.0 Å². The minimum absolute atomic E-state index is 0.476. The molecular weight excluding hydrogens is 294 g/mol. The number of hydrogen-bond donors (Lipinski definition) is 1. The first kappa shape index (κ1) is 15.0. The van der Waals surface area contributed by atoms with E-state index in [-0.39, 0.29) is 0 Å². The monoisotopic (exact) mass is 311 g/mol. The van der Waals surface area contributed by atoms with Gasteiger partial charge < -0.3 is 14.6 Å². The van der Waals surface area contributed by atoms with E-state index < -0.39 is 0 Å². The maximum Gasteiger partial charge on any atom is 0.237 e. The molecule has 3 rings (SSSR count). The quantitative estimate of drug-likeness (QED) is 0.775. The molecule has 3 aromatic rings. The highest BCUT2D eigenvalue weighted by Gasteiger charge is 2.14. The van der Waals surface area contributed by atoms with Gasteiger partial charge in [0.2, 0.25) is 5.88 Å². The van der Waals surface area contributed by atoms with Crippen molar-refractivity contribution >= 4 is 5.69 Å². The molecule has 0 spiro atoms. The van der Waals surface area contributed by atoms with Crippen molar-refractivity contribution in [2.45, 2.75) is 20.4 Å². The molecule has 0 amide bonds. The maximum absolute atomic E-state index is 5.31. The van der Waals surface area contributed by atoms with E-state index in [1.807, 2.05) is 19.9 Å². The first-order valence-electron chi connectivity index (χ1n) is 7.16. The summed E-state index contributed by atoms with van der Waals surface area (Å²) < 4.78 is 10.5. The van der Waals surface area contributed by atoms with Gasteiger partial charge in [-0.15, -0.1) is 0 Å². The summed E-state index contributed by atoms with van der Waals surface area (Å²) >= 11 is 0. The number of rotatable bonds is 5. The lowest BCUT2D eigenvalue weighted by Crippen LogP contribution is -2.05. The van der Waals surface area contributed by atoms with Crippen LogP contribution in [0.25, 0.3) is 11.1 Å². The molecule has 0 aliphatic carbocycles. The molecular formula is C16H17N5O2. The van der Waals surface area contributed by atoms with Crippen molar-refractivity contribution in [1.29, 1.82) is 0 Å². The predicted octanol–water partition coefficient (Wildman–Crippen LogP) is 2.76. The van der Waals surface area contributed by atoms with Gasteiger partial charge in [-0.3, -0.25) is 0 Å². The van der Waals surface area contributed by atoms with Crippen LogP contribution in [0, 0.1) is 13.8 Å². The van der Waals surface area contributed by atoms with Crippen molar-refractivity contribution in [1.82, 2.24) is 20.1 Å². The lowest BCUT2D eigenvalue weighted by Gasteiger charge is -2.11. The summed E-state index contributed by atoms with van der Waals surface area (Å²) in [4.78, 5) is 12.7. The zero-order valence-electron chi connectivity index (χ0n) is 13.2. The highest BCUT2D eigenvalue weighted by molar-refractivity contribution is 5.72. The second kappa shape index (κ2) is 6.43. The average molecular weight is 311 g/mol. The fourth-order valence-electron chi connectivity index (χ4n) is 2.37. The molecule has 0 unspecified atom stereocenters. The molecule has 7 heteroatoms. The van der Waals surface area contributed by atoms with Gasteiger partial charge in [-0.25, -0.2) is 15.0 Å². The van der Waals surface area contributed by atoms with Crippen molar-refractivity contribution in [2.24, 2.45) is 0 Å². The van der Waals surface area contributed by atoms with Gasteiger partial charge in [0.1, 0.15) is 11.6 Å². The third-order valence-electron chi connectivity index (χ3n) is 3.42. The molecule has 1 N–H and O–H groups in total. The van der Waals surface area contributed by atoms with E-state index in [0.29, 0.717) is 18.2 Å². The van der Waals surface area contributed by atoms with Crippen LogP contribution in [0.3, 0.4) is 0 Å². The van der Waals surface area contributed by atoms with Crippen LogP contribution in [0.2, 0.25) is 0 Å². The SMILES string of the molecule is COc1ncc(-c2c(C)noc2C)cc1NCc1ncccn1. The molecule has 7 nitrogen and oxygen atoms in total. The van der Waals surface area contributed by atoms with Crippen molar-refractivity contribution in [3.63, 3.8) is 0 Å². The molecule has 118 valence electrons. The van der Waals surface area contributed by atoms with Gasteiger partial charge in [-0.1, -0.05) is 5.16 Å². The van der Waals surface area contributed by atoms with E-state index in [1.54, 1.807) is 31.8 Å². The van der Waals surface area contributed by atoms with Crippen molar-refractivity contribution < 1.29 is 9.26 Å². The second-order valence-corrected chi connectivity index (χ2v) is 5.00. The number of methoxy groups -OCH3 is 1. The molecule has 0 saturated heterocycles. The highest BCUT2D eigenvalue weighted by Crippen LogP contribution is 2.31. The Morgan fingerprint density at radius 3 is 2.61 bits per heavy atom. The van der Waals surface area contributed by atoms with Crippen LogP contribution in [0.1, 0.15) is 17.3 Å². The van der Waals surface area contributed by atoms with Gasteiger partial charge >= 0.3 is 0 Å². The molecule has 0 fully saturated rings. The van der Waals surface area contributed by atoms with Gasteiger partial charge in [-0.2, -0.15) is 0 Å². The van der Waals surface area contributed by atoms with Gasteiger partial charge in [-0.05, 0) is 26.0 Å². The fraction of sp³-hybridized carbons (Fsp3) is 0.250. The Kier molecular flexibility index (Phi) is 4.18. The summed E-state index contributed by atoms with van der Waals surface area (Å²) in [5, 5.41) is 7.24. The van der Waals surface area contributed by atoms with Crippen LogP contribution in [0.5, 0.6) is 5.88 Å². The second-order valence-electron chi connectivity index (χ2n) is 5.00. The first-order chi connectivity index (χ1) is 11.2. The summed E-state index contributed by atoms with van der Waals surface area (Å²) in [6, 6.07) is 3.74. The number of pyridine rings is 1. The smallest absolute Gasteiger partial charge is 0.237 e. The van der Waals surface area contributed by atoms with Crippen LogP contribution < -0.4 is 10.1 Å². The zero-order valence-corrected chi connectivity index (χ0v) is 13.2. The number of aryl methyl sites for hydroxylation is 2. The Morgan fingerprint density at radius 1 is 1.17 bits per heavy atom. The van der Waals surface area contributed by atoms with E-state index in [9.17, 15) is 0 Å². The summed E-state index contributed by atoms with van der Waals surface area (Å²) in [5.41, 5.74) is 3.45. The number of anilines is 1. The fourth-order valence-corrected chi connectivity index (χ4v) is 2.37. The van der Waals surface area contributed by atoms with Crippen LogP contribution >= 0.6 is 0 Å². The van der Waals surface area contributed by atoms with Crippen molar-refractivity contribution in [3.8, 4) is 17.0 Å². The Hall–Kier alpha value is -2.96. The normalized spacial score (nSPS) is 10.6. The molecule has 3 aromatic heterocycles. The molecule has 23 heavy (non-hydrogen) atoms. The number of aromatic nitrogens is 4. The van der Waals surface area contributed by atoms with E-state index in [1.165, 1.54) is 0 Å². The standard InChI is InChI=1S/C16H17N5O2/c1-10-15(11(2)23-21-10)12-7-13(16(22-3)20-8-12)19-9-14-17-5-4-6-18-14/h4-8,19H,9H2,1-3H3. The third kappa shape index (κ3) is 3.13. The molecule has 3 heterocycles. The molecule has 0 radical (unpaired) electrons. The first-order valence-corrected chi connectivity index (χ1v) is 7.16. The zero-order chi connectivity index (χ0) is 16.2.